The Balaban J connectivity index is 2.05. The van der Waals surface area contributed by atoms with Crippen LogP contribution in [-0.2, 0) is 0 Å². The van der Waals surface area contributed by atoms with Crippen molar-refractivity contribution >= 4 is 11.6 Å². The van der Waals surface area contributed by atoms with Crippen LogP contribution in [0.4, 0.5) is 11.6 Å². The van der Waals surface area contributed by atoms with Gasteiger partial charge in [0.05, 0.1) is 0 Å². The molecule has 0 bridgehead atoms. The van der Waals surface area contributed by atoms with Crippen LogP contribution in [0.5, 0.6) is 0 Å². The normalized spacial score (nSPS) is 24.8. The summed E-state index contributed by atoms with van der Waals surface area (Å²) in [4.78, 5) is 4.56. The van der Waals surface area contributed by atoms with E-state index in [9.17, 15) is 0 Å². The van der Waals surface area contributed by atoms with Gasteiger partial charge in [0, 0.05) is 18.6 Å². The Bertz CT molecular complexity index is 370. The highest BCUT2D eigenvalue weighted by atomic mass is 15.5. The van der Waals surface area contributed by atoms with E-state index < -0.39 is 0 Å². The molecule has 0 spiro atoms. The molecule has 0 saturated carbocycles. The molecule has 4 heteroatoms. The van der Waals surface area contributed by atoms with Crippen molar-refractivity contribution in [1.82, 2.24) is 9.99 Å². The summed E-state index contributed by atoms with van der Waals surface area (Å²) in [5.74, 6) is 1.86. The number of aromatic nitrogens is 1. The molecule has 0 aromatic carbocycles. The lowest BCUT2D eigenvalue weighted by molar-refractivity contribution is 0.135. The summed E-state index contributed by atoms with van der Waals surface area (Å²) < 4.78 is 0. The Morgan fingerprint density at radius 3 is 2.56 bits per heavy atom. The predicted octanol–water partition coefficient (Wildman–Crippen LogP) is 3.10. The Labute approximate surface area is 110 Å². The lowest BCUT2D eigenvalue weighted by atomic mass is 10.00. The highest BCUT2D eigenvalue weighted by molar-refractivity contribution is 5.44. The molecule has 2 heterocycles. The largest absolute Gasteiger partial charge is 0.370 e. The third-order valence-corrected chi connectivity index (χ3v) is 3.54. The van der Waals surface area contributed by atoms with Gasteiger partial charge in [-0.3, -0.25) is 0 Å². The summed E-state index contributed by atoms with van der Waals surface area (Å²) >= 11 is 0. The molecule has 1 fully saturated rings. The topological polar surface area (TPSA) is 40.2 Å². The predicted molar refractivity (Wildman–Crippen MR) is 76.6 cm³/mol. The van der Waals surface area contributed by atoms with Gasteiger partial charge in [0.15, 0.2) is 0 Å². The molecule has 100 valence electrons. The molecule has 1 aliphatic heterocycles. The van der Waals surface area contributed by atoms with E-state index in [1.807, 2.05) is 18.2 Å². The van der Waals surface area contributed by atoms with Crippen molar-refractivity contribution in [2.45, 2.75) is 52.1 Å². The van der Waals surface area contributed by atoms with Crippen molar-refractivity contribution in [1.29, 1.82) is 0 Å². The second-order valence-corrected chi connectivity index (χ2v) is 5.09. The van der Waals surface area contributed by atoms with Gasteiger partial charge in [-0.15, -0.1) is 0 Å². The molecule has 2 rings (SSSR count). The maximum absolute atomic E-state index is 4.56. The number of anilines is 2. The molecule has 18 heavy (non-hydrogen) atoms. The minimum Gasteiger partial charge on any atom is -0.370 e. The fourth-order valence-corrected chi connectivity index (χ4v) is 2.55. The summed E-state index contributed by atoms with van der Waals surface area (Å²) in [6, 6.07) is 7.19. The second-order valence-electron chi connectivity index (χ2n) is 5.09. The number of piperidine rings is 1. The number of nitrogens with one attached hydrogen (secondary N) is 2. The molecule has 1 aliphatic rings. The monoisotopic (exact) mass is 248 g/mol. The Morgan fingerprint density at radius 2 is 1.89 bits per heavy atom. The zero-order valence-corrected chi connectivity index (χ0v) is 11.6. The number of rotatable bonds is 4. The van der Waals surface area contributed by atoms with Crippen LogP contribution in [-0.4, -0.2) is 28.6 Å². The SMILES string of the molecule is CCNc1cccc(NN2C(C)CCCC2C)n1. The molecule has 1 saturated heterocycles. The van der Waals surface area contributed by atoms with Crippen molar-refractivity contribution in [3.8, 4) is 0 Å². The van der Waals surface area contributed by atoms with Gasteiger partial charge in [0.25, 0.3) is 0 Å². The van der Waals surface area contributed by atoms with Crippen molar-refractivity contribution in [3.63, 3.8) is 0 Å². The van der Waals surface area contributed by atoms with Crippen LogP contribution in [0.15, 0.2) is 18.2 Å². The first-order chi connectivity index (χ1) is 8.70. The van der Waals surface area contributed by atoms with Crippen LogP contribution >= 0.6 is 0 Å². The highest BCUT2D eigenvalue weighted by Crippen LogP contribution is 2.23. The fourth-order valence-electron chi connectivity index (χ4n) is 2.55. The van der Waals surface area contributed by atoms with Crippen molar-refractivity contribution in [3.05, 3.63) is 18.2 Å². The maximum Gasteiger partial charge on any atom is 0.142 e. The van der Waals surface area contributed by atoms with Crippen LogP contribution in [0, 0.1) is 0 Å². The van der Waals surface area contributed by atoms with Gasteiger partial charge in [0.1, 0.15) is 11.6 Å². The number of hydrogen-bond donors (Lipinski definition) is 2. The van der Waals surface area contributed by atoms with E-state index in [0.29, 0.717) is 12.1 Å². The van der Waals surface area contributed by atoms with Gasteiger partial charge < -0.3 is 10.7 Å². The zero-order valence-electron chi connectivity index (χ0n) is 11.6. The highest BCUT2D eigenvalue weighted by Gasteiger charge is 2.24. The standard InChI is InChI=1S/C14H24N4/c1-4-15-13-9-6-10-14(16-13)17-18-11(2)7-5-8-12(18)3/h6,9-12H,4-5,7-8H2,1-3H3,(H2,15,16,17). The smallest absolute Gasteiger partial charge is 0.142 e. The fraction of sp³-hybridized carbons (Fsp3) is 0.643. The van der Waals surface area contributed by atoms with Gasteiger partial charge in [-0.1, -0.05) is 12.5 Å². The molecule has 4 nitrogen and oxygen atoms in total. The first-order valence-corrected chi connectivity index (χ1v) is 6.96. The van der Waals surface area contributed by atoms with Crippen molar-refractivity contribution < 1.29 is 0 Å². The second kappa shape index (κ2) is 6.05. The van der Waals surface area contributed by atoms with Gasteiger partial charge >= 0.3 is 0 Å². The van der Waals surface area contributed by atoms with Crippen LogP contribution in [0.25, 0.3) is 0 Å². The van der Waals surface area contributed by atoms with Crippen molar-refractivity contribution in [2.75, 3.05) is 17.3 Å². The first-order valence-electron chi connectivity index (χ1n) is 6.96. The van der Waals surface area contributed by atoms with E-state index in [0.717, 1.165) is 18.2 Å². The lowest BCUT2D eigenvalue weighted by Gasteiger charge is -2.39. The minimum atomic E-state index is 0.568. The van der Waals surface area contributed by atoms with Gasteiger partial charge in [-0.25, -0.2) is 9.99 Å². The molecule has 0 aliphatic carbocycles. The molecule has 1 aromatic heterocycles. The van der Waals surface area contributed by atoms with Gasteiger partial charge in [-0.05, 0) is 45.7 Å². The minimum absolute atomic E-state index is 0.568. The third kappa shape index (κ3) is 3.13. The number of pyridine rings is 1. The Kier molecular flexibility index (Phi) is 4.42. The summed E-state index contributed by atoms with van der Waals surface area (Å²) in [5, 5.41) is 5.57. The summed E-state index contributed by atoms with van der Waals surface area (Å²) in [6.07, 6.45) is 3.83. The molecular formula is C14H24N4. The zero-order chi connectivity index (χ0) is 13.0. The number of nitrogens with zero attached hydrogens (tertiary/aromatic N) is 2. The van der Waals surface area contributed by atoms with E-state index in [4.69, 9.17) is 0 Å². The average molecular weight is 248 g/mol. The summed E-state index contributed by atoms with van der Waals surface area (Å²) in [5.41, 5.74) is 3.46. The quantitative estimate of drug-likeness (QED) is 0.859. The molecule has 2 atom stereocenters. The van der Waals surface area contributed by atoms with E-state index in [1.54, 1.807) is 0 Å². The lowest BCUT2D eigenvalue weighted by Crippen LogP contribution is -2.47. The van der Waals surface area contributed by atoms with Gasteiger partial charge in [0.2, 0.25) is 0 Å². The van der Waals surface area contributed by atoms with E-state index in [-0.39, 0.29) is 0 Å². The summed E-state index contributed by atoms with van der Waals surface area (Å²) in [7, 11) is 0. The molecule has 0 radical (unpaired) electrons. The summed E-state index contributed by atoms with van der Waals surface area (Å²) in [6.45, 7) is 7.52. The van der Waals surface area contributed by atoms with Crippen LogP contribution in [0.3, 0.4) is 0 Å². The van der Waals surface area contributed by atoms with Crippen LogP contribution in [0.2, 0.25) is 0 Å². The molecular weight excluding hydrogens is 224 g/mol. The van der Waals surface area contributed by atoms with Crippen LogP contribution in [0.1, 0.15) is 40.0 Å². The van der Waals surface area contributed by atoms with E-state index in [1.165, 1.54) is 19.3 Å². The molecule has 0 amide bonds. The average Bonchev–Trinajstić information content (AvgIpc) is 2.35. The van der Waals surface area contributed by atoms with E-state index >= 15 is 0 Å². The Morgan fingerprint density at radius 1 is 1.22 bits per heavy atom. The number of hydrogen-bond acceptors (Lipinski definition) is 4. The number of hydrazine groups is 1. The first kappa shape index (κ1) is 13.1. The molecule has 2 N–H and O–H groups in total. The molecule has 1 aromatic rings. The van der Waals surface area contributed by atoms with Gasteiger partial charge in [-0.2, -0.15) is 0 Å². The van der Waals surface area contributed by atoms with Crippen LogP contribution < -0.4 is 10.7 Å². The third-order valence-electron chi connectivity index (χ3n) is 3.54. The maximum atomic E-state index is 4.56. The van der Waals surface area contributed by atoms with E-state index in [2.05, 4.69) is 41.5 Å². The molecule has 2 unspecified atom stereocenters. The van der Waals surface area contributed by atoms with Crippen molar-refractivity contribution in [2.24, 2.45) is 0 Å². The Hall–Kier alpha value is -1.29.